The van der Waals surface area contributed by atoms with Crippen molar-refractivity contribution in [2.75, 3.05) is 5.32 Å². The van der Waals surface area contributed by atoms with Crippen molar-refractivity contribution in [1.29, 1.82) is 0 Å². The lowest BCUT2D eigenvalue weighted by molar-refractivity contribution is 0.0950. The highest BCUT2D eigenvalue weighted by molar-refractivity contribution is 7.21. The van der Waals surface area contributed by atoms with E-state index in [1.165, 1.54) is 11.3 Å². The Bertz CT molecular complexity index is 1460. The Morgan fingerprint density at radius 1 is 0.829 bits per heavy atom. The van der Waals surface area contributed by atoms with E-state index in [-0.39, 0.29) is 11.8 Å². The zero-order valence-electron chi connectivity index (χ0n) is 18.8. The van der Waals surface area contributed by atoms with Crippen LogP contribution in [0.25, 0.3) is 10.1 Å². The van der Waals surface area contributed by atoms with E-state index in [2.05, 4.69) is 15.6 Å². The van der Waals surface area contributed by atoms with Gasteiger partial charge in [0.1, 0.15) is 17.2 Å². The lowest BCUT2D eigenvalue weighted by atomic mass is 10.2. The smallest absolute Gasteiger partial charge is 0.272 e. The number of carbonyl (C=O) groups excluding carboxylic acids is 2. The summed E-state index contributed by atoms with van der Waals surface area (Å²) >= 11 is 1.41. The molecule has 0 aliphatic heterocycles. The molecule has 0 spiro atoms. The number of aromatic amines is 1. The summed E-state index contributed by atoms with van der Waals surface area (Å²) in [7, 11) is 0. The molecule has 0 saturated heterocycles. The minimum Gasteiger partial charge on any atom is -0.487 e. The van der Waals surface area contributed by atoms with Crippen molar-refractivity contribution < 1.29 is 14.3 Å². The van der Waals surface area contributed by atoms with Crippen molar-refractivity contribution in [2.24, 2.45) is 0 Å². The zero-order valence-corrected chi connectivity index (χ0v) is 19.6. The van der Waals surface area contributed by atoms with Gasteiger partial charge in [-0.15, -0.1) is 11.3 Å². The minimum atomic E-state index is -0.221. The van der Waals surface area contributed by atoms with Crippen LogP contribution in [0.1, 0.15) is 31.3 Å². The molecular weight excluding hydrogens is 458 g/mol. The van der Waals surface area contributed by atoms with Gasteiger partial charge in [-0.2, -0.15) is 0 Å². The summed E-state index contributed by atoms with van der Waals surface area (Å²) < 4.78 is 7.14. The van der Waals surface area contributed by atoms with Crippen LogP contribution in [0.5, 0.6) is 5.75 Å². The fraction of sp³-hybridized carbons (Fsp3) is 0.0714. The first kappa shape index (κ1) is 22.4. The third-order valence-corrected chi connectivity index (χ3v) is 6.61. The van der Waals surface area contributed by atoms with Gasteiger partial charge in [-0.05, 0) is 47.5 Å². The summed E-state index contributed by atoms with van der Waals surface area (Å²) in [4.78, 5) is 28.9. The Balaban J connectivity index is 1.30. The predicted octanol–water partition coefficient (Wildman–Crippen LogP) is 5.99. The molecule has 0 bridgehead atoms. The number of hydrogen-bond acceptors (Lipinski definition) is 4. The van der Waals surface area contributed by atoms with Crippen LogP contribution in [0.4, 0.5) is 5.69 Å². The lowest BCUT2D eigenvalue weighted by Crippen LogP contribution is -2.22. The quantitative estimate of drug-likeness (QED) is 0.255. The first-order chi connectivity index (χ1) is 17.2. The van der Waals surface area contributed by atoms with E-state index in [4.69, 9.17) is 4.74 Å². The molecule has 3 N–H and O–H groups in total. The minimum absolute atomic E-state index is 0.199. The van der Waals surface area contributed by atoms with Crippen molar-refractivity contribution in [3.05, 3.63) is 119 Å². The first-order valence-corrected chi connectivity index (χ1v) is 12.0. The lowest BCUT2D eigenvalue weighted by Gasteiger charge is -2.10. The highest BCUT2D eigenvalue weighted by atomic mass is 32.1. The average Bonchev–Trinajstić information content (AvgIpc) is 3.56. The number of anilines is 1. The SMILES string of the molecule is O=C(Nc1cccc(CNC(=O)c2sc3ccccc3c2OCc2ccccc2)c1)c1ccc[nH]1. The van der Waals surface area contributed by atoms with Gasteiger partial charge in [0.25, 0.3) is 11.8 Å². The Morgan fingerprint density at radius 2 is 1.63 bits per heavy atom. The fourth-order valence-electron chi connectivity index (χ4n) is 3.74. The number of ether oxygens (including phenoxy) is 1. The van der Waals surface area contributed by atoms with Crippen molar-refractivity contribution >= 4 is 38.9 Å². The van der Waals surface area contributed by atoms with Gasteiger partial charge < -0.3 is 20.4 Å². The van der Waals surface area contributed by atoms with Gasteiger partial charge in [-0.1, -0.05) is 54.6 Å². The number of rotatable bonds is 8. The second-order valence-corrected chi connectivity index (χ2v) is 9.00. The number of aromatic nitrogens is 1. The molecule has 174 valence electrons. The molecule has 2 aromatic heterocycles. The summed E-state index contributed by atoms with van der Waals surface area (Å²) in [6.07, 6.45) is 1.70. The van der Waals surface area contributed by atoms with Crippen LogP contribution >= 0.6 is 11.3 Å². The molecule has 0 saturated carbocycles. The molecule has 35 heavy (non-hydrogen) atoms. The van der Waals surface area contributed by atoms with Crippen LogP contribution in [0.2, 0.25) is 0 Å². The van der Waals surface area contributed by atoms with E-state index < -0.39 is 0 Å². The summed E-state index contributed by atoms with van der Waals surface area (Å²) in [6.45, 7) is 0.696. The molecule has 0 aliphatic rings. The highest BCUT2D eigenvalue weighted by Crippen LogP contribution is 2.38. The molecule has 7 heteroatoms. The maximum Gasteiger partial charge on any atom is 0.272 e. The Morgan fingerprint density at radius 3 is 2.46 bits per heavy atom. The van der Waals surface area contributed by atoms with E-state index >= 15 is 0 Å². The summed E-state index contributed by atoms with van der Waals surface area (Å²) in [6, 6.07) is 28.6. The van der Waals surface area contributed by atoms with Crippen molar-refractivity contribution in [3.63, 3.8) is 0 Å². The van der Waals surface area contributed by atoms with E-state index in [0.717, 1.165) is 21.2 Å². The van der Waals surface area contributed by atoms with Gasteiger partial charge >= 0.3 is 0 Å². The van der Waals surface area contributed by atoms with Gasteiger partial charge in [0.2, 0.25) is 0 Å². The molecule has 0 atom stereocenters. The van der Waals surface area contributed by atoms with Crippen molar-refractivity contribution in [2.45, 2.75) is 13.2 Å². The largest absolute Gasteiger partial charge is 0.487 e. The van der Waals surface area contributed by atoms with Gasteiger partial charge in [0.15, 0.2) is 5.75 Å². The van der Waals surface area contributed by atoms with Crippen molar-refractivity contribution in [3.8, 4) is 5.75 Å². The topological polar surface area (TPSA) is 83.2 Å². The molecule has 2 amide bonds. The molecule has 3 aromatic carbocycles. The molecular formula is C28H23N3O3S. The summed E-state index contributed by atoms with van der Waals surface area (Å²) in [5.74, 6) is 0.177. The third-order valence-electron chi connectivity index (χ3n) is 5.46. The number of benzene rings is 3. The summed E-state index contributed by atoms with van der Waals surface area (Å²) in [5, 5.41) is 6.78. The molecule has 2 heterocycles. The van der Waals surface area contributed by atoms with Gasteiger partial charge in [0, 0.05) is 28.5 Å². The standard InChI is InChI=1S/C28H23N3O3S/c32-27(23-13-7-15-29-23)31-21-11-6-10-20(16-21)17-30-28(33)26-25(22-12-4-5-14-24(22)35-26)34-18-19-8-2-1-3-9-19/h1-16,29H,17-18H2,(H,30,33)(H,31,32). The maximum atomic E-state index is 13.2. The van der Waals surface area contributed by atoms with Gasteiger partial charge in [-0.25, -0.2) is 0 Å². The second kappa shape index (κ2) is 10.3. The number of carbonyl (C=O) groups is 2. The molecule has 0 fully saturated rings. The van der Waals surface area contributed by atoms with Gasteiger partial charge in [-0.3, -0.25) is 9.59 Å². The average molecular weight is 482 g/mol. The van der Waals surface area contributed by atoms with Crippen LogP contribution in [-0.4, -0.2) is 16.8 Å². The van der Waals surface area contributed by atoms with Crippen LogP contribution in [0.3, 0.4) is 0 Å². The van der Waals surface area contributed by atoms with E-state index in [1.54, 1.807) is 18.3 Å². The number of H-pyrrole nitrogens is 1. The number of thiophene rings is 1. The third kappa shape index (κ3) is 5.26. The number of hydrogen-bond donors (Lipinski definition) is 3. The Kier molecular flexibility index (Phi) is 6.59. The van der Waals surface area contributed by atoms with Crippen LogP contribution < -0.4 is 15.4 Å². The van der Waals surface area contributed by atoms with Crippen LogP contribution in [-0.2, 0) is 13.2 Å². The van der Waals surface area contributed by atoms with E-state index in [9.17, 15) is 9.59 Å². The van der Waals surface area contributed by atoms with E-state index in [1.807, 2.05) is 78.9 Å². The first-order valence-electron chi connectivity index (χ1n) is 11.2. The van der Waals surface area contributed by atoms with E-state index in [0.29, 0.717) is 35.2 Å². The fourth-order valence-corrected chi connectivity index (χ4v) is 4.80. The highest BCUT2D eigenvalue weighted by Gasteiger charge is 2.20. The van der Waals surface area contributed by atoms with Gasteiger partial charge in [0.05, 0.1) is 0 Å². The van der Waals surface area contributed by atoms with Crippen LogP contribution in [0.15, 0.2) is 97.2 Å². The molecule has 0 aliphatic carbocycles. The molecule has 5 rings (SSSR count). The number of amides is 2. The second-order valence-electron chi connectivity index (χ2n) is 7.95. The number of fused-ring (bicyclic) bond motifs is 1. The zero-order chi connectivity index (χ0) is 24.0. The monoisotopic (exact) mass is 481 g/mol. The predicted molar refractivity (Wildman–Crippen MR) is 139 cm³/mol. The molecule has 0 radical (unpaired) electrons. The van der Waals surface area contributed by atoms with Crippen molar-refractivity contribution in [1.82, 2.24) is 10.3 Å². The molecule has 6 nitrogen and oxygen atoms in total. The molecule has 5 aromatic rings. The number of nitrogens with one attached hydrogen (secondary N) is 3. The molecule has 0 unspecified atom stereocenters. The normalized spacial score (nSPS) is 10.7. The summed E-state index contributed by atoms with van der Waals surface area (Å²) in [5.41, 5.74) is 3.05. The Labute approximate surface area is 206 Å². The maximum absolute atomic E-state index is 13.2. The Hall–Kier alpha value is -4.36. The van der Waals surface area contributed by atoms with Crippen LogP contribution in [0, 0.1) is 0 Å².